The molecule has 81 heavy (non-hydrogen) atoms. The van der Waals surface area contributed by atoms with Gasteiger partial charge in [0.05, 0.1) is 73.6 Å². The maximum atomic E-state index is 14.9. The van der Waals surface area contributed by atoms with Crippen LogP contribution < -0.4 is 25.4 Å². The fourth-order valence-corrected chi connectivity index (χ4v) is 9.88. The van der Waals surface area contributed by atoms with Gasteiger partial charge in [-0.2, -0.15) is 10.2 Å². The van der Waals surface area contributed by atoms with E-state index in [-0.39, 0.29) is 28.9 Å². The van der Waals surface area contributed by atoms with Gasteiger partial charge in [0.1, 0.15) is 52.0 Å². The van der Waals surface area contributed by atoms with E-state index in [0.717, 1.165) is 70.1 Å². The molecule has 412 valence electrons. The highest BCUT2D eigenvalue weighted by molar-refractivity contribution is 6.14. The van der Waals surface area contributed by atoms with Gasteiger partial charge in [-0.3, -0.25) is 9.36 Å². The third kappa shape index (κ3) is 11.5. The number of hydrogen-bond acceptors (Lipinski definition) is 13. The molecular weight excluding hydrogens is 1040 g/mol. The number of anilines is 2. The fraction of sp³-hybridized carbons (Fsp3) is 0.230. The number of carbonyl (C=O) groups is 1. The lowest BCUT2D eigenvalue weighted by Crippen LogP contribution is -2.39. The predicted octanol–water partition coefficient (Wildman–Crippen LogP) is 12.0. The minimum absolute atomic E-state index is 0.00488. The lowest BCUT2D eigenvalue weighted by Gasteiger charge is -2.29. The minimum atomic E-state index is -0.745. The zero-order valence-corrected chi connectivity index (χ0v) is 45.0. The topological polar surface area (TPSA) is 170 Å². The van der Waals surface area contributed by atoms with Crippen molar-refractivity contribution in [3.8, 4) is 34.0 Å². The van der Waals surface area contributed by atoms with E-state index in [9.17, 15) is 22.4 Å². The molecule has 0 saturated heterocycles. The molecule has 0 bridgehead atoms. The van der Waals surface area contributed by atoms with Gasteiger partial charge in [0, 0.05) is 43.2 Å². The monoisotopic (exact) mass is 1100 g/mol. The summed E-state index contributed by atoms with van der Waals surface area (Å²) in [7, 11) is 3.24. The summed E-state index contributed by atoms with van der Waals surface area (Å²) in [6.07, 6.45) is 12.0. The first-order valence-electron chi connectivity index (χ1n) is 26.3. The van der Waals surface area contributed by atoms with E-state index in [4.69, 9.17) is 14.2 Å². The Kier molecular flexibility index (Phi) is 15.0. The van der Waals surface area contributed by atoms with Crippen molar-refractivity contribution in [3.05, 3.63) is 191 Å². The number of hydrogen-bond donors (Lipinski definition) is 3. The number of carbonyl (C=O) groups excluding carboxylic acids is 1. The summed E-state index contributed by atoms with van der Waals surface area (Å²) in [6.45, 7) is 9.00. The molecule has 0 aliphatic carbocycles. The smallest absolute Gasteiger partial charge is 0.410 e. The molecule has 3 N–H and O–H groups in total. The van der Waals surface area contributed by atoms with Crippen LogP contribution in [0.25, 0.3) is 33.7 Å². The summed E-state index contributed by atoms with van der Waals surface area (Å²) in [5, 5.41) is 18.8. The van der Waals surface area contributed by atoms with Crippen molar-refractivity contribution in [2.24, 2.45) is 9.98 Å². The third-order valence-corrected chi connectivity index (χ3v) is 13.9. The number of halogens is 4. The van der Waals surface area contributed by atoms with Crippen molar-refractivity contribution >= 4 is 51.9 Å². The van der Waals surface area contributed by atoms with Crippen LogP contribution in [0.4, 0.5) is 45.4 Å². The standard InChI is InChI=1S/C33H32F2N6O3.C28H24F2N6O/c1-33(2,3)44-32(42)40-14-12-21(13-15-40)22-16-24-29-27(18-37-41(29)19-20-8-10-23(43-4)11-9-20)38-31(39-30(24)36-17-22)28-25(34)6-5-7-26(28)35;1-37-20-7-5-17(6-8-20)16-36-26-21-13-19(18-9-11-31-12-10-18)14-32-27(21)35-28(34-24(26)15-33-36)25-22(29)3-2-4-23(25)30/h5-12,16-18H,13-15,19H2,1-4H3,(H,36,38,39);2-9,13-15,31H,10-12,16H2,1H3,(H,32,34,35). The van der Waals surface area contributed by atoms with Crippen LogP contribution in [0.1, 0.15) is 67.0 Å². The molecule has 8 heterocycles. The van der Waals surface area contributed by atoms with Gasteiger partial charge < -0.3 is 35.1 Å². The summed E-state index contributed by atoms with van der Waals surface area (Å²) >= 11 is 0. The summed E-state index contributed by atoms with van der Waals surface area (Å²) in [5.74, 6) is -0.711. The van der Waals surface area contributed by atoms with Crippen LogP contribution in [-0.4, -0.2) is 98.2 Å². The zero-order valence-electron chi connectivity index (χ0n) is 45.0. The number of ether oxygens (including phenoxy) is 3. The maximum absolute atomic E-state index is 14.9. The molecule has 0 saturated carbocycles. The molecule has 20 heteroatoms. The van der Waals surface area contributed by atoms with Crippen LogP contribution in [-0.2, 0) is 17.8 Å². The van der Waals surface area contributed by atoms with Crippen LogP contribution in [0, 0.1) is 23.3 Å². The van der Waals surface area contributed by atoms with E-state index in [0.29, 0.717) is 66.9 Å². The summed E-state index contributed by atoms with van der Waals surface area (Å²) in [5.41, 5.74) is 8.87. The molecular formula is C61H56F4N12O4. The number of fused-ring (bicyclic) bond motifs is 6. The van der Waals surface area contributed by atoms with Crippen LogP contribution in [0.3, 0.4) is 0 Å². The van der Waals surface area contributed by atoms with Crippen molar-refractivity contribution in [2.75, 3.05) is 51.0 Å². The largest absolute Gasteiger partial charge is 0.497 e. The van der Waals surface area contributed by atoms with Crippen molar-refractivity contribution in [1.29, 1.82) is 0 Å². The Hall–Kier alpha value is -9.43. The second-order valence-electron chi connectivity index (χ2n) is 20.5. The molecule has 4 aromatic carbocycles. The Labute approximate surface area is 464 Å². The first kappa shape index (κ1) is 53.6. The third-order valence-electron chi connectivity index (χ3n) is 13.9. The lowest BCUT2D eigenvalue weighted by molar-refractivity contribution is 0.0270. The number of nitrogens with one attached hydrogen (secondary N) is 3. The number of amides is 1. The molecule has 0 atom stereocenters. The quantitative estimate of drug-likeness (QED) is 0.111. The van der Waals surface area contributed by atoms with Crippen molar-refractivity contribution in [1.82, 2.24) is 39.7 Å². The van der Waals surface area contributed by atoms with Crippen LogP contribution >= 0.6 is 0 Å². The highest BCUT2D eigenvalue weighted by atomic mass is 19.1. The summed E-state index contributed by atoms with van der Waals surface area (Å²) in [4.78, 5) is 32.8. The average Bonchev–Trinajstić information content (AvgIpc) is 3.96. The normalized spacial score (nSPS) is 14.5. The molecule has 0 radical (unpaired) electrons. The maximum Gasteiger partial charge on any atom is 0.410 e. The molecule has 0 spiro atoms. The van der Waals surface area contributed by atoms with Gasteiger partial charge in [-0.05, 0) is 134 Å². The second kappa shape index (κ2) is 22.7. The van der Waals surface area contributed by atoms with Crippen molar-refractivity contribution in [3.63, 3.8) is 0 Å². The number of benzene rings is 4. The van der Waals surface area contributed by atoms with Crippen LogP contribution in [0.2, 0.25) is 0 Å². The first-order valence-corrected chi connectivity index (χ1v) is 26.3. The predicted molar refractivity (Wildman–Crippen MR) is 303 cm³/mol. The molecule has 0 fully saturated rings. The number of aliphatic imine (C=N–C) groups is 2. The minimum Gasteiger partial charge on any atom is -0.497 e. The van der Waals surface area contributed by atoms with E-state index >= 15 is 0 Å². The Morgan fingerprint density at radius 2 is 1.09 bits per heavy atom. The molecule has 16 nitrogen and oxygen atoms in total. The molecule has 1 amide bonds. The average molecular weight is 1100 g/mol. The number of rotatable bonds is 10. The molecule has 4 aliphatic rings. The molecule has 8 aromatic rings. The van der Waals surface area contributed by atoms with Gasteiger partial charge in [-0.1, -0.05) is 48.6 Å². The number of aromatic nitrogens is 6. The Morgan fingerprint density at radius 1 is 0.617 bits per heavy atom. The van der Waals surface area contributed by atoms with Gasteiger partial charge in [0.25, 0.3) is 0 Å². The molecule has 0 unspecified atom stereocenters. The Bertz CT molecular complexity index is 3790. The van der Waals surface area contributed by atoms with Crippen molar-refractivity contribution in [2.45, 2.75) is 52.3 Å². The van der Waals surface area contributed by atoms with Crippen molar-refractivity contribution < 1.29 is 36.6 Å². The molecule has 12 rings (SSSR count). The number of methoxy groups -OCH3 is 2. The number of pyridine rings is 2. The van der Waals surface area contributed by atoms with E-state index < -0.39 is 28.9 Å². The van der Waals surface area contributed by atoms with Gasteiger partial charge >= 0.3 is 6.09 Å². The van der Waals surface area contributed by atoms with Crippen LogP contribution in [0.5, 0.6) is 11.5 Å². The highest BCUT2D eigenvalue weighted by Crippen LogP contribution is 2.42. The van der Waals surface area contributed by atoms with Crippen LogP contribution in [0.15, 0.2) is 144 Å². The number of nitrogens with zero attached hydrogens (tertiary/aromatic N) is 9. The van der Waals surface area contributed by atoms with Gasteiger partial charge in [0.2, 0.25) is 0 Å². The van der Waals surface area contributed by atoms with Gasteiger partial charge in [-0.25, -0.2) is 42.3 Å². The van der Waals surface area contributed by atoms with Gasteiger partial charge in [-0.15, -0.1) is 0 Å². The molecule has 4 aromatic heterocycles. The fourth-order valence-electron chi connectivity index (χ4n) is 9.88. The Balaban J connectivity index is 0.000000173. The Morgan fingerprint density at radius 3 is 1.49 bits per heavy atom. The summed E-state index contributed by atoms with van der Waals surface area (Å²) in [6, 6.07) is 26.8. The molecule has 4 aliphatic heterocycles. The zero-order chi connectivity index (χ0) is 56.4. The van der Waals surface area contributed by atoms with Gasteiger partial charge in [0.15, 0.2) is 11.6 Å². The van der Waals surface area contributed by atoms with E-state index in [1.807, 2.05) is 96.9 Å². The summed E-state index contributed by atoms with van der Waals surface area (Å²) < 4.78 is 79.1. The lowest BCUT2D eigenvalue weighted by atomic mass is 9.98. The van der Waals surface area contributed by atoms with E-state index in [2.05, 4.69) is 52.2 Å². The first-order chi connectivity index (χ1) is 39.2. The highest BCUT2D eigenvalue weighted by Gasteiger charge is 2.30. The van der Waals surface area contributed by atoms with E-state index in [1.54, 1.807) is 43.9 Å². The van der Waals surface area contributed by atoms with E-state index in [1.165, 1.54) is 42.0 Å². The number of amidine groups is 2. The SMILES string of the molecule is COc1ccc(Cn2ncc3c2-c2cc(C4=CCN(C(=O)OC(C)(C)C)CC4)cnc2N=C(c2c(F)cccc2F)N3)cc1.COc1ccc(Cn2ncc3c2-c2cc(C4=CCNCC4)cnc2N=C(c2c(F)cccc2F)N3)cc1. The second-order valence-corrected chi connectivity index (χ2v) is 20.5.